The molecule has 0 aromatic rings. The summed E-state index contributed by atoms with van der Waals surface area (Å²) in [7, 11) is 0. The highest BCUT2D eigenvalue weighted by molar-refractivity contribution is 5.78. The second kappa shape index (κ2) is 5.32. The lowest BCUT2D eigenvalue weighted by Crippen LogP contribution is -2.50. The van der Waals surface area contributed by atoms with Crippen molar-refractivity contribution in [3.8, 4) is 0 Å². The maximum atomic E-state index is 11.3. The van der Waals surface area contributed by atoms with Crippen molar-refractivity contribution in [2.75, 3.05) is 0 Å². The molecule has 0 saturated carbocycles. The number of rotatable bonds is 5. The predicted molar refractivity (Wildman–Crippen MR) is 54.4 cm³/mol. The Morgan fingerprint density at radius 2 is 2.00 bits per heavy atom. The maximum absolute atomic E-state index is 11.3. The second-order valence-electron chi connectivity index (χ2n) is 4.10. The van der Waals surface area contributed by atoms with Gasteiger partial charge in [-0.25, -0.2) is 4.79 Å². The molecule has 0 aliphatic carbocycles. The third-order valence-corrected chi connectivity index (χ3v) is 2.05. The molecule has 0 heterocycles. The van der Waals surface area contributed by atoms with E-state index < -0.39 is 11.7 Å². The van der Waals surface area contributed by atoms with Crippen molar-refractivity contribution in [3.63, 3.8) is 0 Å². The molecule has 0 aliphatic rings. The monoisotopic (exact) mass is 203 g/mol. The van der Waals surface area contributed by atoms with Gasteiger partial charge in [-0.15, -0.1) is 0 Å². The zero-order valence-electron chi connectivity index (χ0n) is 9.41. The summed E-state index contributed by atoms with van der Waals surface area (Å²) in [5, 5.41) is 9.64. The predicted octanol–water partition coefficient (Wildman–Crippen LogP) is 1.02. The van der Waals surface area contributed by atoms with Crippen molar-refractivity contribution >= 4 is 5.97 Å². The SMILES string of the molecule is CCC(C)CC(N)(O)C(=O)OC(C)C. The minimum atomic E-state index is -1.85. The van der Waals surface area contributed by atoms with Gasteiger partial charge in [0.15, 0.2) is 0 Å². The first kappa shape index (κ1) is 13.4. The minimum Gasteiger partial charge on any atom is -0.460 e. The third kappa shape index (κ3) is 4.58. The summed E-state index contributed by atoms with van der Waals surface area (Å²) in [6, 6.07) is 0. The van der Waals surface area contributed by atoms with E-state index in [1.165, 1.54) is 0 Å². The molecular formula is C10H21NO3. The Bertz CT molecular complexity index is 190. The minimum absolute atomic E-state index is 0.199. The van der Waals surface area contributed by atoms with Crippen molar-refractivity contribution in [1.82, 2.24) is 0 Å². The Labute approximate surface area is 85.4 Å². The zero-order chi connectivity index (χ0) is 11.4. The lowest BCUT2D eigenvalue weighted by Gasteiger charge is -2.24. The van der Waals surface area contributed by atoms with Gasteiger partial charge in [0.25, 0.3) is 0 Å². The fourth-order valence-electron chi connectivity index (χ4n) is 1.08. The largest absolute Gasteiger partial charge is 0.460 e. The van der Waals surface area contributed by atoms with Crippen LogP contribution in [0.2, 0.25) is 0 Å². The smallest absolute Gasteiger partial charge is 0.353 e. The maximum Gasteiger partial charge on any atom is 0.353 e. The van der Waals surface area contributed by atoms with Gasteiger partial charge in [-0.3, -0.25) is 5.73 Å². The van der Waals surface area contributed by atoms with Crippen LogP contribution in [0.25, 0.3) is 0 Å². The van der Waals surface area contributed by atoms with Crippen LogP contribution in [0.5, 0.6) is 0 Å². The van der Waals surface area contributed by atoms with E-state index in [1.807, 2.05) is 13.8 Å². The van der Waals surface area contributed by atoms with Gasteiger partial charge in [0.05, 0.1) is 6.10 Å². The van der Waals surface area contributed by atoms with Gasteiger partial charge in [-0.05, 0) is 19.8 Å². The molecule has 0 aliphatic heterocycles. The fraction of sp³-hybridized carbons (Fsp3) is 0.900. The van der Waals surface area contributed by atoms with Crippen molar-refractivity contribution in [3.05, 3.63) is 0 Å². The van der Waals surface area contributed by atoms with Crippen molar-refractivity contribution < 1.29 is 14.6 Å². The second-order valence-corrected chi connectivity index (χ2v) is 4.10. The molecule has 4 nitrogen and oxygen atoms in total. The highest BCUT2D eigenvalue weighted by Crippen LogP contribution is 2.16. The highest BCUT2D eigenvalue weighted by atomic mass is 16.6. The number of carbonyl (C=O) groups excluding carboxylic acids is 1. The Morgan fingerprint density at radius 3 is 2.36 bits per heavy atom. The highest BCUT2D eigenvalue weighted by Gasteiger charge is 2.34. The molecule has 0 spiro atoms. The van der Waals surface area contributed by atoms with E-state index >= 15 is 0 Å². The summed E-state index contributed by atoms with van der Waals surface area (Å²) < 4.78 is 4.85. The molecular weight excluding hydrogens is 182 g/mol. The first-order valence-electron chi connectivity index (χ1n) is 5.02. The summed E-state index contributed by atoms with van der Waals surface area (Å²) in [6.45, 7) is 7.35. The number of aliphatic hydroxyl groups is 1. The summed E-state index contributed by atoms with van der Waals surface area (Å²) in [4.78, 5) is 11.3. The van der Waals surface area contributed by atoms with Crippen LogP contribution < -0.4 is 5.73 Å². The van der Waals surface area contributed by atoms with Crippen LogP contribution in [-0.4, -0.2) is 22.9 Å². The van der Waals surface area contributed by atoms with Gasteiger partial charge < -0.3 is 9.84 Å². The van der Waals surface area contributed by atoms with Crippen LogP contribution in [0.1, 0.15) is 40.5 Å². The van der Waals surface area contributed by atoms with Gasteiger partial charge in [0.1, 0.15) is 0 Å². The quantitative estimate of drug-likeness (QED) is 0.517. The summed E-state index contributed by atoms with van der Waals surface area (Å²) in [5.41, 5.74) is 3.62. The van der Waals surface area contributed by atoms with Crippen LogP contribution in [0.15, 0.2) is 0 Å². The molecule has 0 saturated heterocycles. The summed E-state index contributed by atoms with van der Waals surface area (Å²) in [5.74, 6) is -0.544. The first-order chi connectivity index (χ1) is 6.29. The number of carbonyl (C=O) groups is 1. The van der Waals surface area contributed by atoms with Crippen molar-refractivity contribution in [2.24, 2.45) is 11.7 Å². The average molecular weight is 203 g/mol. The molecule has 0 fully saturated rings. The molecule has 0 bridgehead atoms. The van der Waals surface area contributed by atoms with E-state index in [2.05, 4.69) is 0 Å². The number of hydrogen-bond donors (Lipinski definition) is 2. The fourth-order valence-corrected chi connectivity index (χ4v) is 1.08. The zero-order valence-corrected chi connectivity index (χ0v) is 9.41. The molecule has 84 valence electrons. The van der Waals surface area contributed by atoms with Gasteiger partial charge in [0, 0.05) is 6.42 Å². The van der Waals surface area contributed by atoms with E-state index in [9.17, 15) is 9.90 Å². The molecule has 3 N–H and O–H groups in total. The van der Waals surface area contributed by atoms with Crippen LogP contribution in [0.3, 0.4) is 0 Å². The summed E-state index contributed by atoms with van der Waals surface area (Å²) >= 11 is 0. The van der Waals surface area contributed by atoms with E-state index in [-0.39, 0.29) is 18.4 Å². The van der Waals surface area contributed by atoms with Gasteiger partial charge in [-0.1, -0.05) is 20.3 Å². The molecule has 14 heavy (non-hydrogen) atoms. The molecule has 4 heteroatoms. The van der Waals surface area contributed by atoms with E-state index in [0.29, 0.717) is 0 Å². The molecule has 2 atom stereocenters. The normalized spacial score (nSPS) is 17.6. The number of ether oxygens (including phenoxy) is 1. The standard InChI is InChI=1S/C10H21NO3/c1-5-8(4)6-10(11,13)9(12)14-7(2)3/h7-8,13H,5-6,11H2,1-4H3. The van der Waals surface area contributed by atoms with E-state index in [1.54, 1.807) is 13.8 Å². The molecule has 0 rings (SSSR count). The van der Waals surface area contributed by atoms with Gasteiger partial charge >= 0.3 is 5.97 Å². The number of esters is 1. The van der Waals surface area contributed by atoms with E-state index in [0.717, 1.165) is 6.42 Å². The van der Waals surface area contributed by atoms with Crippen molar-refractivity contribution in [2.45, 2.75) is 52.4 Å². The number of hydrogen-bond acceptors (Lipinski definition) is 4. The topological polar surface area (TPSA) is 72.5 Å². The van der Waals surface area contributed by atoms with Gasteiger partial charge in [-0.2, -0.15) is 0 Å². The van der Waals surface area contributed by atoms with Crippen LogP contribution in [0.4, 0.5) is 0 Å². The Hall–Kier alpha value is -0.610. The molecule has 0 amide bonds. The molecule has 0 radical (unpaired) electrons. The summed E-state index contributed by atoms with van der Waals surface area (Å²) in [6.07, 6.45) is 0.846. The van der Waals surface area contributed by atoms with Crippen LogP contribution >= 0.6 is 0 Å². The van der Waals surface area contributed by atoms with Crippen LogP contribution in [-0.2, 0) is 9.53 Å². The Balaban J connectivity index is 4.23. The van der Waals surface area contributed by atoms with Crippen LogP contribution in [0, 0.1) is 5.92 Å². The molecule has 0 aromatic carbocycles. The van der Waals surface area contributed by atoms with Gasteiger partial charge in [0.2, 0.25) is 5.72 Å². The lowest BCUT2D eigenvalue weighted by atomic mass is 9.97. The Morgan fingerprint density at radius 1 is 1.50 bits per heavy atom. The van der Waals surface area contributed by atoms with E-state index in [4.69, 9.17) is 10.5 Å². The molecule has 2 unspecified atom stereocenters. The lowest BCUT2D eigenvalue weighted by molar-refractivity contribution is -0.170. The number of nitrogens with two attached hydrogens (primary N) is 1. The molecule has 0 aromatic heterocycles. The van der Waals surface area contributed by atoms with Crippen molar-refractivity contribution in [1.29, 1.82) is 0 Å². The Kier molecular flexibility index (Phi) is 5.08. The third-order valence-electron chi connectivity index (χ3n) is 2.05. The average Bonchev–Trinajstić information content (AvgIpc) is 2.02. The first-order valence-corrected chi connectivity index (χ1v) is 5.02.